The van der Waals surface area contributed by atoms with E-state index in [4.69, 9.17) is 16.7 Å². The number of rotatable bonds is 1. The molecule has 0 amide bonds. The lowest BCUT2D eigenvalue weighted by molar-refractivity contribution is -0.161. The summed E-state index contributed by atoms with van der Waals surface area (Å²) >= 11 is 5.69. The number of hydrogen-bond donors (Lipinski definition) is 2. The van der Waals surface area contributed by atoms with Gasteiger partial charge in [0.1, 0.15) is 0 Å². The van der Waals surface area contributed by atoms with Gasteiger partial charge < -0.3 is 10.2 Å². The zero-order valence-corrected chi connectivity index (χ0v) is 6.84. The molecule has 0 unspecified atom stereocenters. The van der Waals surface area contributed by atoms with Crippen LogP contribution in [0.4, 0.5) is 0 Å². The first-order valence-corrected chi connectivity index (χ1v) is 4.11. The number of carbonyl (C=O) groups is 1. The summed E-state index contributed by atoms with van der Waals surface area (Å²) in [7, 11) is 0. The Bertz CT molecular complexity index is 171. The smallest absolute Gasteiger partial charge is 0.337 e. The Balaban J connectivity index is 2.72. The van der Waals surface area contributed by atoms with Gasteiger partial charge in [-0.1, -0.05) is 6.42 Å². The quantitative estimate of drug-likeness (QED) is 0.589. The van der Waals surface area contributed by atoms with Crippen LogP contribution in [0.3, 0.4) is 0 Å². The van der Waals surface area contributed by atoms with Crippen LogP contribution in [0.2, 0.25) is 0 Å². The fourth-order valence-corrected chi connectivity index (χ4v) is 1.71. The number of carboxylic acids is 1. The van der Waals surface area contributed by atoms with E-state index in [1.807, 2.05) is 0 Å². The van der Waals surface area contributed by atoms with Crippen LogP contribution in [0.25, 0.3) is 0 Å². The summed E-state index contributed by atoms with van der Waals surface area (Å²) in [5, 5.41) is 17.5. The average Bonchev–Trinajstić information content (AvgIpc) is 1.95. The monoisotopic (exact) mass is 178 g/mol. The third kappa shape index (κ3) is 1.49. The predicted molar refractivity (Wildman–Crippen MR) is 40.7 cm³/mol. The molecule has 4 heteroatoms. The van der Waals surface area contributed by atoms with Gasteiger partial charge in [0.15, 0.2) is 5.60 Å². The van der Waals surface area contributed by atoms with E-state index >= 15 is 0 Å². The first-order chi connectivity index (χ1) is 5.07. The van der Waals surface area contributed by atoms with Gasteiger partial charge in [0.25, 0.3) is 0 Å². The van der Waals surface area contributed by atoms with Crippen LogP contribution in [0, 0.1) is 0 Å². The third-order valence-electron chi connectivity index (χ3n) is 2.15. The van der Waals surface area contributed by atoms with Gasteiger partial charge in [-0.2, -0.15) is 0 Å². The van der Waals surface area contributed by atoms with Gasteiger partial charge in [-0.15, -0.1) is 11.6 Å². The van der Waals surface area contributed by atoms with E-state index < -0.39 is 16.9 Å². The Labute approximate surface area is 70.0 Å². The van der Waals surface area contributed by atoms with Crippen LogP contribution < -0.4 is 0 Å². The van der Waals surface area contributed by atoms with Crippen LogP contribution in [0.15, 0.2) is 0 Å². The average molecular weight is 179 g/mol. The van der Waals surface area contributed by atoms with Gasteiger partial charge in [0, 0.05) is 0 Å². The molecular formula is C7H11ClO3. The zero-order chi connectivity index (χ0) is 8.48. The molecule has 2 N–H and O–H groups in total. The molecule has 2 atom stereocenters. The van der Waals surface area contributed by atoms with Gasteiger partial charge in [0.2, 0.25) is 0 Å². The summed E-state index contributed by atoms with van der Waals surface area (Å²) in [4.78, 5) is 10.6. The minimum absolute atomic E-state index is 0.274. The fraction of sp³-hybridized carbons (Fsp3) is 0.857. The van der Waals surface area contributed by atoms with E-state index in [2.05, 4.69) is 0 Å². The van der Waals surface area contributed by atoms with Gasteiger partial charge in [-0.3, -0.25) is 0 Å². The first kappa shape index (κ1) is 8.81. The lowest BCUT2D eigenvalue weighted by Gasteiger charge is -2.32. The Morgan fingerprint density at radius 1 is 1.55 bits per heavy atom. The fourth-order valence-electron chi connectivity index (χ4n) is 1.35. The molecule has 1 aliphatic rings. The lowest BCUT2D eigenvalue weighted by Crippen LogP contribution is -2.48. The van der Waals surface area contributed by atoms with Crippen LogP contribution in [0.1, 0.15) is 25.7 Å². The van der Waals surface area contributed by atoms with Crippen molar-refractivity contribution in [1.29, 1.82) is 0 Å². The van der Waals surface area contributed by atoms with Gasteiger partial charge in [0.05, 0.1) is 5.38 Å². The molecule has 1 fully saturated rings. The van der Waals surface area contributed by atoms with E-state index in [1.165, 1.54) is 0 Å². The maximum atomic E-state index is 10.6. The van der Waals surface area contributed by atoms with E-state index in [9.17, 15) is 9.90 Å². The zero-order valence-electron chi connectivity index (χ0n) is 6.09. The van der Waals surface area contributed by atoms with Crippen molar-refractivity contribution in [2.75, 3.05) is 0 Å². The van der Waals surface area contributed by atoms with Gasteiger partial charge >= 0.3 is 5.97 Å². The number of hydrogen-bond acceptors (Lipinski definition) is 2. The number of aliphatic hydroxyl groups is 1. The summed E-state index contributed by atoms with van der Waals surface area (Å²) in [6.45, 7) is 0. The Morgan fingerprint density at radius 2 is 2.18 bits per heavy atom. The van der Waals surface area contributed by atoms with Crippen molar-refractivity contribution in [2.24, 2.45) is 0 Å². The second-order valence-electron chi connectivity index (χ2n) is 2.94. The molecule has 0 aromatic carbocycles. The molecule has 0 radical (unpaired) electrons. The maximum Gasteiger partial charge on any atom is 0.337 e. The number of carboxylic acid groups (broad SMARTS) is 1. The van der Waals surface area contributed by atoms with Crippen molar-refractivity contribution < 1.29 is 15.0 Å². The molecule has 1 rings (SSSR count). The molecule has 0 heterocycles. The van der Waals surface area contributed by atoms with E-state index in [0.29, 0.717) is 6.42 Å². The molecule has 11 heavy (non-hydrogen) atoms. The minimum atomic E-state index is -1.68. The second-order valence-corrected chi connectivity index (χ2v) is 3.47. The summed E-state index contributed by atoms with van der Waals surface area (Å²) < 4.78 is 0. The van der Waals surface area contributed by atoms with Crippen LogP contribution in [0.5, 0.6) is 0 Å². The summed E-state index contributed by atoms with van der Waals surface area (Å²) in [6.07, 6.45) is 2.51. The summed E-state index contributed by atoms with van der Waals surface area (Å²) in [5.41, 5.74) is -1.68. The maximum absolute atomic E-state index is 10.6. The van der Waals surface area contributed by atoms with Crippen molar-refractivity contribution >= 4 is 17.6 Å². The molecule has 0 spiro atoms. The molecular weight excluding hydrogens is 168 g/mol. The van der Waals surface area contributed by atoms with Crippen molar-refractivity contribution in [2.45, 2.75) is 36.7 Å². The topological polar surface area (TPSA) is 57.5 Å². The molecule has 3 nitrogen and oxygen atoms in total. The third-order valence-corrected chi connectivity index (χ3v) is 2.73. The predicted octanol–water partition coefficient (Wildman–Crippen LogP) is 0.984. The van der Waals surface area contributed by atoms with Crippen LogP contribution in [-0.2, 0) is 4.79 Å². The van der Waals surface area contributed by atoms with E-state index in [0.717, 1.165) is 12.8 Å². The SMILES string of the molecule is O=C(O)[C@@]1(O)CCCC[C@@H]1Cl. The highest BCUT2D eigenvalue weighted by molar-refractivity contribution is 6.23. The Hall–Kier alpha value is -0.280. The highest BCUT2D eigenvalue weighted by Crippen LogP contribution is 2.32. The number of alkyl halides is 1. The lowest BCUT2D eigenvalue weighted by atomic mass is 9.84. The van der Waals surface area contributed by atoms with E-state index in [1.54, 1.807) is 0 Å². The van der Waals surface area contributed by atoms with Crippen molar-refractivity contribution in [1.82, 2.24) is 0 Å². The molecule has 1 saturated carbocycles. The molecule has 1 aliphatic carbocycles. The number of halogens is 1. The summed E-state index contributed by atoms with van der Waals surface area (Å²) in [5.74, 6) is -1.20. The van der Waals surface area contributed by atoms with Gasteiger partial charge in [-0.25, -0.2) is 4.79 Å². The highest BCUT2D eigenvalue weighted by Gasteiger charge is 2.44. The molecule has 0 aromatic rings. The van der Waals surface area contributed by atoms with Crippen molar-refractivity contribution in [3.8, 4) is 0 Å². The number of aliphatic carboxylic acids is 1. The van der Waals surface area contributed by atoms with Crippen molar-refractivity contribution in [3.63, 3.8) is 0 Å². The Morgan fingerprint density at radius 3 is 2.55 bits per heavy atom. The normalized spacial score (nSPS) is 38.5. The van der Waals surface area contributed by atoms with E-state index in [-0.39, 0.29) is 6.42 Å². The van der Waals surface area contributed by atoms with Crippen LogP contribution >= 0.6 is 11.6 Å². The first-order valence-electron chi connectivity index (χ1n) is 3.67. The Kier molecular flexibility index (Phi) is 2.40. The van der Waals surface area contributed by atoms with Gasteiger partial charge in [-0.05, 0) is 19.3 Å². The molecule has 0 aliphatic heterocycles. The molecule has 0 saturated heterocycles. The molecule has 0 aromatic heterocycles. The minimum Gasteiger partial charge on any atom is -0.479 e. The standard InChI is InChI=1S/C7H11ClO3/c8-5-3-1-2-4-7(5,11)6(9)10/h5,11H,1-4H2,(H,9,10)/t5-,7+/m0/s1. The molecule has 0 bridgehead atoms. The largest absolute Gasteiger partial charge is 0.479 e. The summed E-state index contributed by atoms with van der Waals surface area (Å²) in [6, 6.07) is 0. The highest BCUT2D eigenvalue weighted by atomic mass is 35.5. The van der Waals surface area contributed by atoms with Crippen LogP contribution in [-0.4, -0.2) is 27.2 Å². The molecule has 64 valence electrons. The van der Waals surface area contributed by atoms with Crippen molar-refractivity contribution in [3.05, 3.63) is 0 Å². The second kappa shape index (κ2) is 2.99.